The molecule has 0 aromatic heterocycles. The third-order valence-corrected chi connectivity index (χ3v) is 1.97. The molecule has 15 heavy (non-hydrogen) atoms. The van der Waals surface area contributed by atoms with Crippen LogP contribution in [0.1, 0.15) is 46.4 Å². The van der Waals surface area contributed by atoms with Crippen molar-refractivity contribution in [1.29, 1.82) is 0 Å². The van der Waals surface area contributed by atoms with Gasteiger partial charge < -0.3 is 4.74 Å². The van der Waals surface area contributed by atoms with Crippen molar-refractivity contribution in [3.8, 4) is 0 Å². The van der Waals surface area contributed by atoms with Crippen LogP contribution < -0.4 is 0 Å². The van der Waals surface area contributed by atoms with Crippen LogP contribution in [0, 0.1) is 5.92 Å². The lowest BCUT2D eigenvalue weighted by molar-refractivity contribution is -0.130. The summed E-state index contributed by atoms with van der Waals surface area (Å²) in [5.74, 6) is -2.34. The Hall–Kier alpha value is -1.06. The van der Waals surface area contributed by atoms with Crippen LogP contribution in [0.25, 0.3) is 0 Å². The summed E-state index contributed by atoms with van der Waals surface area (Å²) in [6.07, 6.45) is -2.07. The van der Waals surface area contributed by atoms with Gasteiger partial charge >= 0.3 is 6.09 Å². The van der Waals surface area contributed by atoms with Crippen molar-refractivity contribution in [1.82, 2.24) is 4.90 Å². The van der Waals surface area contributed by atoms with E-state index in [1.807, 2.05) is 0 Å². The number of carbonyl (C=O) groups excluding carboxylic acids is 2. The van der Waals surface area contributed by atoms with Crippen molar-refractivity contribution in [3.63, 3.8) is 0 Å². The molecule has 0 spiro atoms. The van der Waals surface area contributed by atoms with E-state index in [9.17, 15) is 9.59 Å². The standard InChI is InChI=1S/C11H19NO3/c1-7-6-8(2)12(9(7)13)10(14)15-11(3,4)5/h7-8H,6H2,1-5H3/t7-,8+/m0/s1/i1+0D3,6D/t6-,7-,8+. The third kappa shape index (κ3) is 2.70. The number of hydrogen-bond acceptors (Lipinski definition) is 3. The van der Waals surface area contributed by atoms with E-state index in [-0.39, 0.29) is 0 Å². The van der Waals surface area contributed by atoms with Crippen molar-refractivity contribution in [2.45, 2.75) is 52.6 Å². The van der Waals surface area contributed by atoms with Gasteiger partial charge in [-0.15, -0.1) is 0 Å². The minimum absolute atomic E-state index is 0.750. The summed E-state index contributed by atoms with van der Waals surface area (Å²) in [5, 5.41) is 0. The molecule has 3 atom stereocenters. The predicted octanol–water partition coefficient (Wildman–Crippen LogP) is 2.18. The number of nitrogens with zero attached hydrogens (tertiary/aromatic N) is 1. The molecule has 1 rings (SSSR count). The zero-order chi connectivity index (χ0) is 15.2. The second-order valence-electron chi connectivity index (χ2n) is 4.60. The summed E-state index contributed by atoms with van der Waals surface area (Å²) in [5.41, 5.74) is -0.785. The summed E-state index contributed by atoms with van der Waals surface area (Å²) in [4.78, 5) is 24.7. The van der Waals surface area contributed by atoms with Gasteiger partial charge in [-0.2, -0.15) is 0 Å². The molecule has 1 fully saturated rings. The van der Waals surface area contributed by atoms with Crippen molar-refractivity contribution in [2.75, 3.05) is 0 Å². The molecule has 1 aliphatic rings. The van der Waals surface area contributed by atoms with E-state index in [0.29, 0.717) is 0 Å². The highest BCUT2D eigenvalue weighted by Crippen LogP contribution is 2.25. The van der Waals surface area contributed by atoms with Crippen LogP contribution in [-0.2, 0) is 9.53 Å². The number of rotatable bonds is 0. The molecule has 0 aliphatic carbocycles. The van der Waals surface area contributed by atoms with Crippen molar-refractivity contribution >= 4 is 12.0 Å². The molecule has 1 aliphatic heterocycles. The Kier molecular flexibility index (Phi) is 1.85. The van der Waals surface area contributed by atoms with Crippen LogP contribution in [0.2, 0.25) is 0 Å². The fraction of sp³-hybridized carbons (Fsp3) is 0.818. The lowest BCUT2D eigenvalue weighted by Crippen LogP contribution is -2.41. The summed E-state index contributed by atoms with van der Waals surface area (Å²) < 4.78 is 34.8. The van der Waals surface area contributed by atoms with Crippen LogP contribution >= 0.6 is 0 Å². The zero-order valence-corrected chi connectivity index (χ0v) is 9.40. The molecule has 4 heteroatoms. The molecule has 0 saturated carbocycles. The number of imide groups is 1. The fourth-order valence-electron chi connectivity index (χ4n) is 1.36. The Bertz CT molecular complexity index is 388. The molecule has 0 radical (unpaired) electrons. The van der Waals surface area contributed by atoms with Crippen LogP contribution in [-0.4, -0.2) is 28.5 Å². The normalized spacial score (nSPS) is 36.7. The second kappa shape index (κ2) is 3.83. The summed E-state index contributed by atoms with van der Waals surface area (Å²) in [7, 11) is 0. The van der Waals surface area contributed by atoms with E-state index < -0.39 is 42.8 Å². The van der Waals surface area contributed by atoms with Crippen LogP contribution in [0.15, 0.2) is 0 Å². The van der Waals surface area contributed by atoms with Gasteiger partial charge in [-0.25, -0.2) is 9.69 Å². The molecule has 1 saturated heterocycles. The summed E-state index contributed by atoms with van der Waals surface area (Å²) >= 11 is 0. The SMILES string of the molecule is [2H][C@@H]1[C@@H](C)N(C(=O)OC(C)(C)C)C(=O)[C@H]1[12C]([2H])([2H])[2H]. The van der Waals surface area contributed by atoms with Gasteiger partial charge in [0, 0.05) is 17.4 Å². The van der Waals surface area contributed by atoms with E-state index in [1.54, 1.807) is 20.8 Å². The molecule has 0 unspecified atom stereocenters. The maximum atomic E-state index is 12.0. The Morgan fingerprint density at radius 1 is 1.67 bits per heavy atom. The fourth-order valence-corrected chi connectivity index (χ4v) is 1.36. The molecular formula is C11H19NO3. The highest BCUT2D eigenvalue weighted by molar-refractivity contribution is 5.95. The van der Waals surface area contributed by atoms with Gasteiger partial charge in [0.2, 0.25) is 5.91 Å². The van der Waals surface area contributed by atoms with Crippen LogP contribution in [0.3, 0.4) is 0 Å². The monoisotopic (exact) mass is 217 g/mol. The van der Waals surface area contributed by atoms with E-state index in [1.165, 1.54) is 6.92 Å². The first kappa shape index (κ1) is 7.25. The number of likely N-dealkylation sites (tertiary alicyclic amines) is 1. The van der Waals surface area contributed by atoms with Gasteiger partial charge in [-0.05, 0) is 34.1 Å². The molecule has 1 heterocycles. The predicted molar refractivity (Wildman–Crippen MR) is 56.3 cm³/mol. The average Bonchev–Trinajstić information content (AvgIpc) is 2.33. The van der Waals surface area contributed by atoms with Crippen LogP contribution in [0.4, 0.5) is 4.79 Å². The zero-order valence-electron chi connectivity index (χ0n) is 13.4. The Morgan fingerprint density at radius 3 is 2.67 bits per heavy atom. The van der Waals surface area contributed by atoms with Crippen molar-refractivity contribution < 1.29 is 19.8 Å². The van der Waals surface area contributed by atoms with Crippen molar-refractivity contribution in [2.24, 2.45) is 5.92 Å². The van der Waals surface area contributed by atoms with E-state index in [0.717, 1.165) is 4.90 Å². The Balaban J connectivity index is 2.99. The average molecular weight is 217 g/mol. The molecule has 0 N–H and O–H groups in total. The number of carbonyl (C=O) groups is 2. The van der Waals surface area contributed by atoms with Gasteiger partial charge in [-0.3, -0.25) is 4.79 Å². The quantitative estimate of drug-likeness (QED) is 0.624. The van der Waals surface area contributed by atoms with Gasteiger partial charge in [0.05, 0.1) is 0 Å². The maximum Gasteiger partial charge on any atom is 0.417 e. The lowest BCUT2D eigenvalue weighted by atomic mass is 10.1. The van der Waals surface area contributed by atoms with E-state index >= 15 is 0 Å². The van der Waals surface area contributed by atoms with Gasteiger partial charge in [-0.1, -0.05) is 6.85 Å². The van der Waals surface area contributed by atoms with Gasteiger partial charge in [0.15, 0.2) is 0 Å². The summed E-state index contributed by atoms with van der Waals surface area (Å²) in [6.45, 7) is 3.83. The molecular weight excluding hydrogens is 194 g/mol. The first-order chi connectivity index (χ1) is 8.36. The van der Waals surface area contributed by atoms with Gasteiger partial charge in [0.1, 0.15) is 5.60 Å². The Labute approximate surface area is 96.2 Å². The van der Waals surface area contributed by atoms with Gasteiger partial charge in [0.25, 0.3) is 0 Å². The molecule has 0 bridgehead atoms. The molecule has 4 nitrogen and oxygen atoms in total. The molecule has 0 aromatic rings. The highest BCUT2D eigenvalue weighted by atomic mass is 16.6. The minimum Gasteiger partial charge on any atom is -0.443 e. The minimum atomic E-state index is -2.59. The third-order valence-electron chi connectivity index (χ3n) is 1.97. The second-order valence-corrected chi connectivity index (χ2v) is 4.60. The molecule has 86 valence electrons. The van der Waals surface area contributed by atoms with Crippen LogP contribution in [0.5, 0.6) is 0 Å². The Morgan fingerprint density at radius 2 is 2.27 bits per heavy atom. The smallest absolute Gasteiger partial charge is 0.417 e. The van der Waals surface area contributed by atoms with E-state index in [2.05, 4.69) is 0 Å². The number of hydrogen-bond donors (Lipinski definition) is 0. The molecule has 0 aromatic carbocycles. The van der Waals surface area contributed by atoms with E-state index in [4.69, 9.17) is 10.2 Å². The number of amides is 2. The highest BCUT2D eigenvalue weighted by Gasteiger charge is 2.40. The first-order valence-corrected chi connectivity index (χ1v) is 4.84. The topological polar surface area (TPSA) is 46.6 Å². The number of ether oxygens (including phenoxy) is 1. The largest absolute Gasteiger partial charge is 0.443 e. The lowest BCUT2D eigenvalue weighted by Gasteiger charge is -2.25. The summed E-state index contributed by atoms with van der Waals surface area (Å²) in [6, 6.07) is -0.812. The molecule has 2 amide bonds. The first-order valence-electron chi connectivity index (χ1n) is 6.92. The van der Waals surface area contributed by atoms with Crippen molar-refractivity contribution in [3.05, 3.63) is 0 Å². The maximum absolute atomic E-state index is 12.0.